The van der Waals surface area contributed by atoms with E-state index in [0.717, 1.165) is 5.56 Å². The summed E-state index contributed by atoms with van der Waals surface area (Å²) in [5, 5.41) is 0. The highest BCUT2D eigenvalue weighted by atomic mass is 32.2. The van der Waals surface area contributed by atoms with Crippen LogP contribution in [-0.4, -0.2) is 51.1 Å². The Kier molecular flexibility index (Phi) is 6.33. The molecule has 0 amide bonds. The van der Waals surface area contributed by atoms with Crippen LogP contribution in [0.5, 0.6) is 11.5 Å². The Hall–Kier alpha value is -2.42. The zero-order valence-corrected chi connectivity index (χ0v) is 16.6. The third kappa shape index (κ3) is 4.89. The first-order valence-electron chi connectivity index (χ1n) is 8.99. The average molecular weight is 405 g/mol. The van der Waals surface area contributed by atoms with Crippen LogP contribution < -0.4 is 9.47 Å². The van der Waals surface area contributed by atoms with Gasteiger partial charge < -0.3 is 14.2 Å². The first-order chi connectivity index (χ1) is 13.4. The van der Waals surface area contributed by atoms with Crippen LogP contribution >= 0.6 is 0 Å². The fourth-order valence-corrected chi connectivity index (χ4v) is 4.16. The van der Waals surface area contributed by atoms with E-state index in [0.29, 0.717) is 32.1 Å². The molecule has 1 heterocycles. The Bertz CT molecular complexity index is 920. The van der Waals surface area contributed by atoms with E-state index in [2.05, 4.69) is 0 Å². The number of benzene rings is 2. The van der Waals surface area contributed by atoms with Gasteiger partial charge in [-0.15, -0.1) is 0 Å². The van der Waals surface area contributed by atoms with Crippen molar-refractivity contribution in [3.8, 4) is 11.5 Å². The van der Waals surface area contributed by atoms with E-state index in [1.165, 1.54) is 28.6 Å². The maximum absolute atomic E-state index is 12.6. The summed E-state index contributed by atoms with van der Waals surface area (Å²) in [6, 6.07) is 13.2. The van der Waals surface area contributed by atoms with Crippen molar-refractivity contribution in [2.45, 2.75) is 24.8 Å². The van der Waals surface area contributed by atoms with Crippen LogP contribution in [0.3, 0.4) is 0 Å². The van der Waals surface area contributed by atoms with Crippen LogP contribution in [0, 0.1) is 6.92 Å². The van der Waals surface area contributed by atoms with Crippen molar-refractivity contribution in [2.75, 3.05) is 26.3 Å². The molecule has 28 heavy (non-hydrogen) atoms. The number of rotatable bonds is 6. The molecule has 1 aliphatic heterocycles. The molecule has 0 aromatic heterocycles. The lowest BCUT2D eigenvalue weighted by atomic mass is 10.2. The molecular weight excluding hydrogens is 382 g/mol. The second-order valence-electron chi connectivity index (χ2n) is 6.49. The highest BCUT2D eigenvalue weighted by Gasteiger charge is 2.26. The summed E-state index contributed by atoms with van der Waals surface area (Å²) >= 11 is 0. The number of hydrogen-bond donors (Lipinski definition) is 0. The molecule has 0 N–H and O–H groups in total. The Morgan fingerprint density at radius 2 is 1.75 bits per heavy atom. The third-order valence-corrected chi connectivity index (χ3v) is 6.20. The average Bonchev–Trinajstić information content (AvgIpc) is 2.69. The van der Waals surface area contributed by atoms with Crippen molar-refractivity contribution in [1.82, 2.24) is 4.31 Å². The number of nitrogens with zero attached hydrogens (tertiary/aromatic N) is 1. The molecule has 2 aromatic carbocycles. The zero-order valence-electron chi connectivity index (χ0n) is 15.8. The molecule has 7 nitrogen and oxygen atoms in total. The summed E-state index contributed by atoms with van der Waals surface area (Å²) < 4.78 is 42.7. The molecule has 1 aliphatic rings. The first-order valence-corrected chi connectivity index (χ1v) is 10.4. The Morgan fingerprint density at radius 1 is 1.07 bits per heavy atom. The molecule has 1 saturated heterocycles. The largest absolute Gasteiger partial charge is 0.479 e. The van der Waals surface area contributed by atoms with Crippen molar-refractivity contribution in [1.29, 1.82) is 0 Å². The number of esters is 1. The summed E-state index contributed by atoms with van der Waals surface area (Å²) in [6.07, 6.45) is -0.807. The van der Waals surface area contributed by atoms with Gasteiger partial charge in [0.1, 0.15) is 11.5 Å². The molecule has 2 aromatic rings. The van der Waals surface area contributed by atoms with E-state index in [9.17, 15) is 13.2 Å². The van der Waals surface area contributed by atoms with E-state index in [1.807, 2.05) is 25.1 Å². The second kappa shape index (κ2) is 8.72. The summed E-state index contributed by atoms with van der Waals surface area (Å²) in [6.45, 7) is 4.95. The highest BCUT2D eigenvalue weighted by Crippen LogP contribution is 2.21. The standard InChI is InChI=1S/C20H23NO6S/c1-15-4-3-5-18(14-15)26-16(2)20(22)27-17-6-8-19(9-7-17)28(23,24)21-10-12-25-13-11-21/h3-9,14,16H,10-13H2,1-2H3/t16-/m1/s1. The van der Waals surface area contributed by atoms with Crippen LogP contribution in [0.25, 0.3) is 0 Å². The van der Waals surface area contributed by atoms with E-state index in [-0.39, 0.29) is 10.6 Å². The van der Waals surface area contributed by atoms with E-state index in [4.69, 9.17) is 14.2 Å². The van der Waals surface area contributed by atoms with Gasteiger partial charge in [-0.3, -0.25) is 0 Å². The fraction of sp³-hybridized carbons (Fsp3) is 0.350. The molecule has 0 unspecified atom stereocenters. The maximum Gasteiger partial charge on any atom is 0.352 e. The Morgan fingerprint density at radius 3 is 2.39 bits per heavy atom. The molecule has 0 aliphatic carbocycles. The first kappa shape index (κ1) is 20.3. The van der Waals surface area contributed by atoms with Gasteiger partial charge in [0.25, 0.3) is 0 Å². The van der Waals surface area contributed by atoms with Gasteiger partial charge in [-0.2, -0.15) is 4.31 Å². The topological polar surface area (TPSA) is 82.1 Å². The van der Waals surface area contributed by atoms with Crippen LogP contribution in [0.2, 0.25) is 0 Å². The highest BCUT2D eigenvalue weighted by molar-refractivity contribution is 7.89. The Balaban J connectivity index is 1.62. The SMILES string of the molecule is Cc1cccc(O[C@H](C)C(=O)Oc2ccc(S(=O)(=O)N3CCOCC3)cc2)c1. The molecule has 1 atom stereocenters. The molecule has 3 rings (SSSR count). The van der Waals surface area contributed by atoms with E-state index < -0.39 is 22.1 Å². The molecule has 8 heteroatoms. The van der Waals surface area contributed by atoms with Gasteiger partial charge in [0.05, 0.1) is 18.1 Å². The lowest BCUT2D eigenvalue weighted by Crippen LogP contribution is -2.40. The minimum absolute atomic E-state index is 0.151. The van der Waals surface area contributed by atoms with Crippen LogP contribution in [0.4, 0.5) is 0 Å². The smallest absolute Gasteiger partial charge is 0.352 e. The maximum atomic E-state index is 12.6. The minimum Gasteiger partial charge on any atom is -0.479 e. The van der Waals surface area contributed by atoms with E-state index >= 15 is 0 Å². The van der Waals surface area contributed by atoms with Gasteiger partial charge in [-0.05, 0) is 55.8 Å². The number of carbonyl (C=O) groups is 1. The summed E-state index contributed by atoms with van der Waals surface area (Å²) in [5.74, 6) is 0.271. The molecular formula is C20H23NO6S. The molecule has 150 valence electrons. The van der Waals surface area contributed by atoms with Crippen molar-refractivity contribution in [2.24, 2.45) is 0 Å². The number of ether oxygens (including phenoxy) is 3. The van der Waals surface area contributed by atoms with Crippen molar-refractivity contribution in [3.05, 3.63) is 54.1 Å². The van der Waals surface area contributed by atoms with Crippen LogP contribution in [0.1, 0.15) is 12.5 Å². The minimum atomic E-state index is -3.58. The van der Waals surface area contributed by atoms with Crippen LogP contribution in [-0.2, 0) is 19.6 Å². The van der Waals surface area contributed by atoms with Gasteiger partial charge >= 0.3 is 5.97 Å². The Labute approximate surface area is 164 Å². The van der Waals surface area contributed by atoms with Crippen molar-refractivity contribution in [3.63, 3.8) is 0 Å². The number of hydrogen-bond acceptors (Lipinski definition) is 6. The lowest BCUT2D eigenvalue weighted by molar-refractivity contribution is -0.141. The van der Waals surface area contributed by atoms with Gasteiger partial charge in [0.15, 0.2) is 6.10 Å². The number of aryl methyl sites for hydroxylation is 1. The van der Waals surface area contributed by atoms with Gasteiger partial charge in [0.2, 0.25) is 10.0 Å². The normalized spacial score (nSPS) is 16.4. The monoisotopic (exact) mass is 405 g/mol. The molecule has 1 fully saturated rings. The van der Waals surface area contributed by atoms with E-state index in [1.54, 1.807) is 13.0 Å². The quantitative estimate of drug-likeness (QED) is 0.542. The second-order valence-corrected chi connectivity index (χ2v) is 8.42. The number of morpholine rings is 1. The van der Waals surface area contributed by atoms with Gasteiger partial charge in [-0.25, -0.2) is 13.2 Å². The number of sulfonamides is 1. The van der Waals surface area contributed by atoms with Gasteiger partial charge in [0, 0.05) is 13.1 Å². The molecule has 0 bridgehead atoms. The number of carbonyl (C=O) groups excluding carboxylic acids is 1. The predicted octanol–water partition coefficient (Wildman–Crippen LogP) is 2.39. The summed E-state index contributed by atoms with van der Waals surface area (Å²) in [7, 11) is -3.58. The predicted molar refractivity (Wildman–Crippen MR) is 103 cm³/mol. The summed E-state index contributed by atoms with van der Waals surface area (Å²) in [4.78, 5) is 12.4. The van der Waals surface area contributed by atoms with Gasteiger partial charge in [-0.1, -0.05) is 12.1 Å². The molecule has 0 saturated carbocycles. The molecule has 0 spiro atoms. The van der Waals surface area contributed by atoms with Crippen molar-refractivity contribution < 1.29 is 27.4 Å². The van der Waals surface area contributed by atoms with Crippen molar-refractivity contribution >= 4 is 16.0 Å². The molecule has 0 radical (unpaired) electrons. The third-order valence-electron chi connectivity index (χ3n) is 4.28. The summed E-state index contributed by atoms with van der Waals surface area (Å²) in [5.41, 5.74) is 1.02. The zero-order chi connectivity index (χ0) is 20.1. The fourth-order valence-electron chi connectivity index (χ4n) is 2.76. The lowest BCUT2D eigenvalue weighted by Gasteiger charge is -2.26. The van der Waals surface area contributed by atoms with Crippen LogP contribution in [0.15, 0.2) is 53.4 Å².